The average Bonchev–Trinajstić information content (AvgIpc) is 2.85. The number of nitrogens with zero attached hydrogens (tertiary/aromatic N) is 1. The maximum atomic E-state index is 11.9. The summed E-state index contributed by atoms with van der Waals surface area (Å²) in [7, 11) is 1.40. The summed E-state index contributed by atoms with van der Waals surface area (Å²) in [6, 6.07) is 0.156. The molecule has 2 fully saturated rings. The Balaban J connectivity index is 1.99. The van der Waals surface area contributed by atoms with E-state index < -0.39 is 9.84 Å². The molecule has 20 heavy (non-hydrogen) atoms. The Hall–Kier alpha value is -0.130. The SMILES string of the molecule is CN(C)C1(CNC2CCCC2S(C)(=O)=O)CCCCC1. The molecule has 1 N–H and O–H groups in total. The van der Waals surface area contributed by atoms with Crippen molar-refractivity contribution in [3.8, 4) is 0 Å². The minimum Gasteiger partial charge on any atom is -0.311 e. The average molecular weight is 302 g/mol. The van der Waals surface area contributed by atoms with Crippen molar-refractivity contribution in [3.05, 3.63) is 0 Å². The molecule has 0 aromatic heterocycles. The first-order chi connectivity index (χ1) is 9.35. The summed E-state index contributed by atoms with van der Waals surface area (Å²) in [5.74, 6) is 0. The van der Waals surface area contributed by atoms with Gasteiger partial charge in [-0.15, -0.1) is 0 Å². The number of hydrogen-bond donors (Lipinski definition) is 1. The van der Waals surface area contributed by atoms with E-state index in [9.17, 15) is 8.42 Å². The van der Waals surface area contributed by atoms with Gasteiger partial charge in [0.1, 0.15) is 0 Å². The molecule has 0 bridgehead atoms. The van der Waals surface area contributed by atoms with Crippen molar-refractivity contribution in [1.29, 1.82) is 0 Å². The van der Waals surface area contributed by atoms with Crippen LogP contribution in [-0.2, 0) is 9.84 Å². The molecule has 0 amide bonds. The van der Waals surface area contributed by atoms with Gasteiger partial charge in [0.05, 0.1) is 5.25 Å². The second-order valence-electron chi connectivity index (χ2n) is 6.97. The van der Waals surface area contributed by atoms with Crippen molar-refractivity contribution in [2.24, 2.45) is 0 Å². The molecule has 2 atom stereocenters. The van der Waals surface area contributed by atoms with Gasteiger partial charge in [-0.3, -0.25) is 0 Å². The quantitative estimate of drug-likeness (QED) is 0.841. The van der Waals surface area contributed by atoms with E-state index in [-0.39, 0.29) is 16.8 Å². The van der Waals surface area contributed by atoms with Crippen LogP contribution in [0.4, 0.5) is 0 Å². The third kappa shape index (κ3) is 3.55. The molecule has 2 aliphatic carbocycles. The van der Waals surface area contributed by atoms with Crippen LogP contribution in [0.1, 0.15) is 51.4 Å². The van der Waals surface area contributed by atoms with Gasteiger partial charge < -0.3 is 10.2 Å². The maximum absolute atomic E-state index is 11.9. The number of sulfone groups is 1. The number of hydrogen-bond acceptors (Lipinski definition) is 4. The maximum Gasteiger partial charge on any atom is 0.151 e. The zero-order valence-electron chi connectivity index (χ0n) is 13.2. The van der Waals surface area contributed by atoms with Gasteiger partial charge in [-0.1, -0.05) is 25.7 Å². The third-order valence-electron chi connectivity index (χ3n) is 5.43. The zero-order chi connectivity index (χ0) is 14.8. The zero-order valence-corrected chi connectivity index (χ0v) is 14.0. The van der Waals surface area contributed by atoms with Gasteiger partial charge in [0.15, 0.2) is 9.84 Å². The Morgan fingerprint density at radius 1 is 1.10 bits per heavy atom. The lowest BCUT2D eigenvalue weighted by Crippen LogP contribution is -2.55. The monoisotopic (exact) mass is 302 g/mol. The van der Waals surface area contributed by atoms with Crippen molar-refractivity contribution in [2.45, 2.75) is 68.2 Å². The molecule has 118 valence electrons. The predicted molar refractivity (Wildman–Crippen MR) is 83.8 cm³/mol. The molecule has 2 saturated carbocycles. The van der Waals surface area contributed by atoms with Crippen molar-refractivity contribution in [3.63, 3.8) is 0 Å². The molecule has 0 aromatic carbocycles. The van der Waals surface area contributed by atoms with E-state index in [0.717, 1.165) is 25.8 Å². The molecule has 2 unspecified atom stereocenters. The molecule has 0 radical (unpaired) electrons. The molecule has 0 saturated heterocycles. The van der Waals surface area contributed by atoms with Crippen LogP contribution in [-0.4, -0.2) is 57.0 Å². The molecule has 0 spiro atoms. The molecule has 0 heterocycles. The van der Waals surface area contributed by atoms with Gasteiger partial charge in [0, 0.05) is 24.4 Å². The molecule has 0 aliphatic heterocycles. The molecular weight excluding hydrogens is 272 g/mol. The largest absolute Gasteiger partial charge is 0.311 e. The van der Waals surface area contributed by atoms with Gasteiger partial charge in [-0.25, -0.2) is 8.42 Å². The van der Waals surface area contributed by atoms with Gasteiger partial charge >= 0.3 is 0 Å². The molecule has 2 rings (SSSR count). The Kier molecular flexibility index (Phi) is 5.14. The fourth-order valence-corrected chi connectivity index (χ4v) is 5.41. The Morgan fingerprint density at radius 3 is 2.30 bits per heavy atom. The highest BCUT2D eigenvalue weighted by molar-refractivity contribution is 7.91. The lowest BCUT2D eigenvalue weighted by Gasteiger charge is -2.44. The first-order valence-electron chi connectivity index (χ1n) is 7.95. The summed E-state index contributed by atoms with van der Waals surface area (Å²) in [4.78, 5) is 2.35. The highest BCUT2D eigenvalue weighted by Gasteiger charge is 2.38. The van der Waals surface area contributed by atoms with E-state index in [1.165, 1.54) is 38.4 Å². The van der Waals surface area contributed by atoms with E-state index in [4.69, 9.17) is 0 Å². The van der Waals surface area contributed by atoms with Gasteiger partial charge in [0.2, 0.25) is 0 Å². The van der Waals surface area contributed by atoms with E-state index in [2.05, 4.69) is 24.3 Å². The molecule has 5 heteroatoms. The number of likely N-dealkylation sites (N-methyl/N-ethyl adjacent to an activating group) is 1. The van der Waals surface area contributed by atoms with Crippen LogP contribution in [0.15, 0.2) is 0 Å². The fraction of sp³-hybridized carbons (Fsp3) is 1.00. The normalized spacial score (nSPS) is 30.8. The van der Waals surface area contributed by atoms with E-state index >= 15 is 0 Å². The first kappa shape index (κ1) is 16.2. The molecule has 4 nitrogen and oxygen atoms in total. The summed E-state index contributed by atoms with van der Waals surface area (Å²) in [6.45, 7) is 0.927. The Morgan fingerprint density at radius 2 is 1.75 bits per heavy atom. The van der Waals surface area contributed by atoms with Crippen LogP contribution in [0, 0.1) is 0 Å². The van der Waals surface area contributed by atoms with Crippen molar-refractivity contribution < 1.29 is 8.42 Å². The van der Waals surface area contributed by atoms with Crippen LogP contribution in [0.25, 0.3) is 0 Å². The lowest BCUT2D eigenvalue weighted by molar-refractivity contribution is 0.0955. The highest BCUT2D eigenvalue weighted by Crippen LogP contribution is 2.33. The van der Waals surface area contributed by atoms with Crippen LogP contribution < -0.4 is 5.32 Å². The molecular formula is C15H30N2O2S. The second-order valence-corrected chi connectivity index (χ2v) is 9.23. The van der Waals surface area contributed by atoms with Gasteiger partial charge in [-0.05, 0) is 39.8 Å². The van der Waals surface area contributed by atoms with Gasteiger partial charge in [0.25, 0.3) is 0 Å². The fourth-order valence-electron chi connectivity index (χ4n) is 3.99. The summed E-state index contributed by atoms with van der Waals surface area (Å²) >= 11 is 0. The molecule has 0 aromatic rings. The van der Waals surface area contributed by atoms with Crippen LogP contribution in [0.5, 0.6) is 0 Å². The van der Waals surface area contributed by atoms with Crippen molar-refractivity contribution in [1.82, 2.24) is 10.2 Å². The van der Waals surface area contributed by atoms with E-state index in [1.807, 2.05) is 0 Å². The van der Waals surface area contributed by atoms with Gasteiger partial charge in [-0.2, -0.15) is 0 Å². The summed E-state index contributed by atoms with van der Waals surface area (Å²) < 4.78 is 23.7. The predicted octanol–water partition coefficient (Wildman–Crippen LogP) is 1.81. The van der Waals surface area contributed by atoms with E-state index in [1.54, 1.807) is 0 Å². The topological polar surface area (TPSA) is 49.4 Å². The molecule has 2 aliphatic rings. The van der Waals surface area contributed by atoms with Crippen LogP contribution in [0.3, 0.4) is 0 Å². The van der Waals surface area contributed by atoms with Crippen LogP contribution >= 0.6 is 0 Å². The van der Waals surface area contributed by atoms with Crippen molar-refractivity contribution >= 4 is 9.84 Å². The summed E-state index contributed by atoms with van der Waals surface area (Å²) in [5, 5.41) is 3.43. The van der Waals surface area contributed by atoms with E-state index in [0.29, 0.717) is 0 Å². The minimum absolute atomic E-state index is 0.156. The second kappa shape index (κ2) is 6.32. The minimum atomic E-state index is -2.92. The summed E-state index contributed by atoms with van der Waals surface area (Å²) in [6.07, 6.45) is 10.6. The van der Waals surface area contributed by atoms with Crippen LogP contribution in [0.2, 0.25) is 0 Å². The first-order valence-corrected chi connectivity index (χ1v) is 9.90. The smallest absolute Gasteiger partial charge is 0.151 e. The standard InChI is InChI=1S/C15H30N2O2S/c1-17(2)15(10-5-4-6-11-15)12-16-13-8-7-9-14(13)20(3,18)19/h13-14,16H,4-12H2,1-3H3. The third-order valence-corrected chi connectivity index (χ3v) is 7.09. The summed E-state index contributed by atoms with van der Waals surface area (Å²) in [5.41, 5.74) is 0.225. The van der Waals surface area contributed by atoms with Crippen molar-refractivity contribution in [2.75, 3.05) is 26.9 Å². The Labute approximate surface area is 124 Å². The lowest BCUT2D eigenvalue weighted by atomic mass is 9.80. The number of rotatable bonds is 5. The highest BCUT2D eigenvalue weighted by atomic mass is 32.2. The number of nitrogens with one attached hydrogen (secondary N) is 1. The Bertz CT molecular complexity index is 414.